The summed E-state index contributed by atoms with van der Waals surface area (Å²) in [5.74, 6) is 0.890. The third-order valence-electron chi connectivity index (χ3n) is 4.89. The zero-order chi connectivity index (χ0) is 18.5. The summed E-state index contributed by atoms with van der Waals surface area (Å²) >= 11 is -2.87. The molecule has 0 aliphatic heterocycles. The number of hydrogen-bond donors (Lipinski definition) is 0. The van der Waals surface area contributed by atoms with Crippen LogP contribution in [0.2, 0.25) is 0 Å². The molecule has 0 saturated carbocycles. The number of ether oxygens (including phenoxy) is 1. The number of methoxy groups -OCH3 is 1. The van der Waals surface area contributed by atoms with Gasteiger partial charge in [-0.15, -0.1) is 0 Å². The maximum atomic E-state index is 5.42. The van der Waals surface area contributed by atoms with Gasteiger partial charge in [0, 0.05) is 0 Å². The molecule has 0 aliphatic rings. The minimum atomic E-state index is -2.87. The standard InChI is InChI=1S/C25H22AsO/c1-27-25-19-17-24(18-20-25)26(21-11-5-2-6-12-21,22-13-7-3-8-14-22)23-15-9-4-10-16-23/h2-20H,1H3. The topological polar surface area (TPSA) is 9.23 Å². The van der Waals surface area contributed by atoms with Crippen LogP contribution in [0.1, 0.15) is 0 Å². The van der Waals surface area contributed by atoms with Crippen LogP contribution in [0.5, 0.6) is 5.75 Å². The number of benzene rings is 4. The Kier molecular flexibility index (Phi) is 5.14. The van der Waals surface area contributed by atoms with Crippen molar-refractivity contribution in [2.45, 2.75) is 0 Å². The van der Waals surface area contributed by atoms with Crippen molar-refractivity contribution in [3.63, 3.8) is 0 Å². The van der Waals surface area contributed by atoms with Crippen molar-refractivity contribution in [2.24, 2.45) is 0 Å². The summed E-state index contributed by atoms with van der Waals surface area (Å²) in [6.07, 6.45) is 0. The molecule has 4 rings (SSSR count). The SMILES string of the molecule is COc1ccc([As](c2ccccc2)(c2ccccc2)c2ccccc2)cc1. The molecule has 27 heavy (non-hydrogen) atoms. The van der Waals surface area contributed by atoms with Crippen LogP contribution in [0.25, 0.3) is 0 Å². The number of rotatable bonds is 5. The molecule has 0 amide bonds. The zero-order valence-corrected chi connectivity index (χ0v) is 17.2. The van der Waals surface area contributed by atoms with Gasteiger partial charge in [0.15, 0.2) is 0 Å². The molecule has 0 unspecified atom stereocenters. The van der Waals surface area contributed by atoms with Crippen LogP contribution < -0.4 is 22.1 Å². The van der Waals surface area contributed by atoms with Gasteiger partial charge in [-0.2, -0.15) is 0 Å². The average molecular weight is 413 g/mol. The van der Waals surface area contributed by atoms with Gasteiger partial charge in [-0.3, -0.25) is 0 Å². The molecule has 0 aliphatic carbocycles. The van der Waals surface area contributed by atoms with Gasteiger partial charge in [0.05, 0.1) is 0 Å². The van der Waals surface area contributed by atoms with E-state index in [1.807, 2.05) is 0 Å². The second-order valence-electron chi connectivity index (χ2n) is 6.38. The Morgan fingerprint density at radius 3 is 1.11 bits per heavy atom. The van der Waals surface area contributed by atoms with E-state index < -0.39 is 13.6 Å². The first kappa shape index (κ1) is 17.6. The molecule has 4 aromatic rings. The summed E-state index contributed by atoms with van der Waals surface area (Å²) < 4.78 is 11.0. The van der Waals surface area contributed by atoms with E-state index in [0.29, 0.717) is 0 Å². The van der Waals surface area contributed by atoms with Gasteiger partial charge >= 0.3 is 164 Å². The van der Waals surface area contributed by atoms with Crippen molar-refractivity contribution in [3.05, 3.63) is 115 Å². The molecule has 4 aromatic carbocycles. The van der Waals surface area contributed by atoms with E-state index in [9.17, 15) is 0 Å². The third kappa shape index (κ3) is 3.20. The fourth-order valence-corrected chi connectivity index (χ4v) is 12.6. The molecule has 0 fully saturated rings. The van der Waals surface area contributed by atoms with Crippen molar-refractivity contribution in [2.75, 3.05) is 7.11 Å². The van der Waals surface area contributed by atoms with Crippen LogP contribution in [0.15, 0.2) is 115 Å². The van der Waals surface area contributed by atoms with E-state index in [0.717, 1.165) is 5.75 Å². The summed E-state index contributed by atoms with van der Waals surface area (Å²) in [5.41, 5.74) is 0. The molecule has 0 N–H and O–H groups in total. The van der Waals surface area contributed by atoms with Crippen molar-refractivity contribution in [3.8, 4) is 5.75 Å². The molecular weight excluding hydrogens is 391 g/mol. The second-order valence-corrected chi connectivity index (χ2v) is 13.5. The first-order chi connectivity index (χ1) is 13.4. The van der Waals surface area contributed by atoms with Crippen molar-refractivity contribution < 1.29 is 4.74 Å². The summed E-state index contributed by atoms with van der Waals surface area (Å²) in [6.45, 7) is 0. The van der Waals surface area contributed by atoms with E-state index in [1.54, 1.807) is 7.11 Å². The first-order valence-electron chi connectivity index (χ1n) is 9.06. The van der Waals surface area contributed by atoms with Crippen LogP contribution in [0, 0.1) is 0 Å². The Bertz CT molecular complexity index is 884. The molecule has 0 saturated heterocycles. The van der Waals surface area contributed by atoms with Gasteiger partial charge < -0.3 is 0 Å². The number of hydrogen-bond acceptors (Lipinski definition) is 1. The summed E-state index contributed by atoms with van der Waals surface area (Å²) in [5, 5.41) is 0. The van der Waals surface area contributed by atoms with E-state index >= 15 is 0 Å². The van der Waals surface area contributed by atoms with Gasteiger partial charge in [-0.1, -0.05) is 0 Å². The third-order valence-corrected chi connectivity index (χ3v) is 13.9. The van der Waals surface area contributed by atoms with Crippen LogP contribution in [-0.4, -0.2) is 20.7 Å². The Morgan fingerprint density at radius 1 is 0.444 bits per heavy atom. The predicted octanol–water partition coefficient (Wildman–Crippen LogP) is 3.07. The molecule has 1 radical (unpaired) electrons. The molecule has 2 heteroatoms. The van der Waals surface area contributed by atoms with Crippen LogP contribution >= 0.6 is 0 Å². The van der Waals surface area contributed by atoms with Gasteiger partial charge in [0.1, 0.15) is 0 Å². The van der Waals surface area contributed by atoms with Crippen LogP contribution in [0.4, 0.5) is 0 Å². The fourth-order valence-electron chi connectivity index (χ4n) is 3.66. The molecular formula is C25H22AsO. The summed E-state index contributed by atoms with van der Waals surface area (Å²) in [6, 6.07) is 41.6. The van der Waals surface area contributed by atoms with Gasteiger partial charge in [-0.25, -0.2) is 0 Å². The van der Waals surface area contributed by atoms with E-state index in [4.69, 9.17) is 4.74 Å². The molecule has 0 spiro atoms. The Labute approximate surface area is 163 Å². The van der Waals surface area contributed by atoms with E-state index in [1.165, 1.54) is 17.4 Å². The van der Waals surface area contributed by atoms with Gasteiger partial charge in [-0.05, 0) is 0 Å². The maximum absolute atomic E-state index is 5.42. The van der Waals surface area contributed by atoms with Crippen molar-refractivity contribution >= 4 is 31.0 Å². The van der Waals surface area contributed by atoms with E-state index in [2.05, 4.69) is 115 Å². The van der Waals surface area contributed by atoms with Gasteiger partial charge in [0.25, 0.3) is 0 Å². The minimum absolute atomic E-state index is 0.890. The van der Waals surface area contributed by atoms with Gasteiger partial charge in [0.2, 0.25) is 0 Å². The second kappa shape index (κ2) is 7.86. The zero-order valence-electron chi connectivity index (χ0n) is 15.3. The predicted molar refractivity (Wildman–Crippen MR) is 117 cm³/mol. The fraction of sp³-hybridized carbons (Fsp3) is 0.0400. The van der Waals surface area contributed by atoms with Crippen molar-refractivity contribution in [1.29, 1.82) is 0 Å². The van der Waals surface area contributed by atoms with E-state index in [-0.39, 0.29) is 0 Å². The molecule has 0 atom stereocenters. The Hall–Kier alpha value is -2.76. The quantitative estimate of drug-likeness (QED) is 0.457. The molecule has 0 bridgehead atoms. The molecule has 1 nitrogen and oxygen atoms in total. The Balaban J connectivity index is 2.09. The molecule has 0 heterocycles. The van der Waals surface area contributed by atoms with Crippen molar-refractivity contribution in [1.82, 2.24) is 0 Å². The molecule has 0 aromatic heterocycles. The average Bonchev–Trinajstić information content (AvgIpc) is 2.77. The first-order valence-corrected chi connectivity index (χ1v) is 12.8. The normalized spacial score (nSPS) is 11.1. The van der Waals surface area contributed by atoms with Crippen LogP contribution in [0.3, 0.4) is 0 Å². The molecule has 133 valence electrons. The summed E-state index contributed by atoms with van der Waals surface area (Å²) in [4.78, 5) is 0. The monoisotopic (exact) mass is 413 g/mol. The summed E-state index contributed by atoms with van der Waals surface area (Å²) in [7, 11) is 1.72. The van der Waals surface area contributed by atoms with Crippen LogP contribution in [-0.2, 0) is 0 Å². The Morgan fingerprint density at radius 2 is 0.778 bits per heavy atom.